The Morgan fingerprint density at radius 2 is 2.05 bits per heavy atom. The van der Waals surface area contributed by atoms with Crippen molar-refractivity contribution in [1.82, 2.24) is 4.90 Å². The van der Waals surface area contributed by atoms with Gasteiger partial charge in [-0.1, -0.05) is 0 Å². The first-order chi connectivity index (χ1) is 9.17. The van der Waals surface area contributed by atoms with Gasteiger partial charge in [-0.15, -0.1) is 11.6 Å². The molecular formula is C14H20ClNO3. The lowest BCUT2D eigenvalue weighted by Gasteiger charge is -2.21. The minimum Gasteiger partial charge on any atom is -0.497 e. The molecule has 0 aliphatic heterocycles. The highest BCUT2D eigenvalue weighted by Crippen LogP contribution is 2.25. The van der Waals surface area contributed by atoms with E-state index in [2.05, 4.69) is 0 Å². The third-order valence-corrected chi connectivity index (χ3v) is 3.13. The Bertz CT molecular complexity index is 423. The van der Waals surface area contributed by atoms with Crippen LogP contribution in [0.1, 0.15) is 23.7 Å². The highest BCUT2D eigenvalue weighted by molar-refractivity contribution is 6.17. The molecule has 4 nitrogen and oxygen atoms in total. The summed E-state index contributed by atoms with van der Waals surface area (Å²) in [6.45, 7) is 3.22. The molecule has 1 amide bonds. The molecule has 0 atom stereocenters. The lowest BCUT2D eigenvalue weighted by molar-refractivity contribution is 0.0761. The van der Waals surface area contributed by atoms with Crippen molar-refractivity contribution >= 4 is 17.5 Å². The van der Waals surface area contributed by atoms with E-state index in [0.29, 0.717) is 36.0 Å². The molecule has 0 aromatic heterocycles. The van der Waals surface area contributed by atoms with Crippen molar-refractivity contribution in [3.05, 3.63) is 23.8 Å². The molecule has 0 saturated carbocycles. The Kier molecular flexibility index (Phi) is 6.50. The van der Waals surface area contributed by atoms with E-state index in [0.717, 1.165) is 6.42 Å². The molecule has 0 heterocycles. The van der Waals surface area contributed by atoms with Crippen LogP contribution in [-0.4, -0.2) is 44.0 Å². The standard InChI is InChI=1S/C14H20ClNO3/c1-4-16(9-5-8-15)14(17)12-10-11(18-2)6-7-13(12)19-3/h6-7,10H,4-5,8-9H2,1-3H3. The van der Waals surface area contributed by atoms with Gasteiger partial charge in [-0.2, -0.15) is 0 Å². The minimum atomic E-state index is -0.0663. The molecule has 106 valence electrons. The van der Waals surface area contributed by atoms with Gasteiger partial charge in [0.15, 0.2) is 0 Å². The van der Waals surface area contributed by atoms with Crippen LogP contribution in [0.4, 0.5) is 0 Å². The van der Waals surface area contributed by atoms with Crippen LogP contribution in [0.3, 0.4) is 0 Å². The number of benzene rings is 1. The first-order valence-electron chi connectivity index (χ1n) is 6.25. The number of alkyl halides is 1. The van der Waals surface area contributed by atoms with Crippen LogP contribution in [0, 0.1) is 0 Å². The Hall–Kier alpha value is -1.42. The van der Waals surface area contributed by atoms with E-state index >= 15 is 0 Å². The van der Waals surface area contributed by atoms with Gasteiger partial charge in [0.1, 0.15) is 11.5 Å². The molecule has 0 bridgehead atoms. The number of nitrogens with zero attached hydrogens (tertiary/aromatic N) is 1. The maximum atomic E-state index is 12.5. The summed E-state index contributed by atoms with van der Waals surface area (Å²) in [4.78, 5) is 14.2. The van der Waals surface area contributed by atoms with Gasteiger partial charge in [0, 0.05) is 19.0 Å². The van der Waals surface area contributed by atoms with Gasteiger partial charge in [0.25, 0.3) is 5.91 Å². The molecule has 0 aliphatic carbocycles. The molecule has 0 aliphatic rings. The molecule has 0 unspecified atom stereocenters. The monoisotopic (exact) mass is 285 g/mol. The summed E-state index contributed by atoms with van der Waals surface area (Å²) in [5.74, 6) is 1.66. The van der Waals surface area contributed by atoms with Crippen molar-refractivity contribution in [3.8, 4) is 11.5 Å². The van der Waals surface area contributed by atoms with Crippen LogP contribution < -0.4 is 9.47 Å². The first-order valence-corrected chi connectivity index (χ1v) is 6.78. The third kappa shape index (κ3) is 4.03. The Balaban J connectivity index is 3.01. The summed E-state index contributed by atoms with van der Waals surface area (Å²) >= 11 is 5.68. The number of amides is 1. The van der Waals surface area contributed by atoms with Crippen LogP contribution in [0.15, 0.2) is 18.2 Å². The van der Waals surface area contributed by atoms with E-state index in [-0.39, 0.29) is 5.91 Å². The van der Waals surface area contributed by atoms with Crippen molar-refractivity contribution in [1.29, 1.82) is 0 Å². The summed E-state index contributed by atoms with van der Waals surface area (Å²) in [6, 6.07) is 5.21. The normalized spacial score (nSPS) is 10.1. The molecule has 0 N–H and O–H groups in total. The van der Waals surface area contributed by atoms with Crippen molar-refractivity contribution in [2.45, 2.75) is 13.3 Å². The largest absolute Gasteiger partial charge is 0.497 e. The van der Waals surface area contributed by atoms with E-state index in [1.165, 1.54) is 0 Å². The molecule has 1 aromatic rings. The van der Waals surface area contributed by atoms with Crippen LogP contribution in [0.5, 0.6) is 11.5 Å². The predicted octanol–water partition coefficient (Wildman–Crippen LogP) is 2.79. The average Bonchev–Trinajstić information content (AvgIpc) is 2.47. The SMILES string of the molecule is CCN(CCCCl)C(=O)c1cc(OC)ccc1OC. The predicted molar refractivity (Wildman–Crippen MR) is 76.5 cm³/mol. The lowest BCUT2D eigenvalue weighted by atomic mass is 10.1. The van der Waals surface area contributed by atoms with E-state index in [9.17, 15) is 4.79 Å². The number of carbonyl (C=O) groups excluding carboxylic acids is 1. The molecule has 5 heteroatoms. The lowest BCUT2D eigenvalue weighted by Crippen LogP contribution is -2.32. The Morgan fingerprint density at radius 1 is 1.32 bits per heavy atom. The number of halogens is 1. The van der Waals surface area contributed by atoms with Crippen LogP contribution in [0.25, 0.3) is 0 Å². The molecule has 1 rings (SSSR count). The number of methoxy groups -OCH3 is 2. The summed E-state index contributed by atoms with van der Waals surface area (Å²) < 4.78 is 10.4. The summed E-state index contributed by atoms with van der Waals surface area (Å²) in [7, 11) is 3.12. The second-order valence-electron chi connectivity index (χ2n) is 3.99. The second-order valence-corrected chi connectivity index (χ2v) is 4.37. The molecule has 0 radical (unpaired) electrons. The van der Waals surface area contributed by atoms with Gasteiger partial charge in [-0.25, -0.2) is 0 Å². The Labute approximate surface area is 119 Å². The number of rotatable bonds is 7. The van der Waals surface area contributed by atoms with Crippen molar-refractivity contribution in [3.63, 3.8) is 0 Å². The van der Waals surface area contributed by atoms with E-state index < -0.39 is 0 Å². The number of hydrogen-bond donors (Lipinski definition) is 0. The van der Waals surface area contributed by atoms with Crippen molar-refractivity contribution < 1.29 is 14.3 Å². The fourth-order valence-corrected chi connectivity index (χ4v) is 1.92. The molecule has 0 spiro atoms. The highest BCUT2D eigenvalue weighted by atomic mass is 35.5. The maximum absolute atomic E-state index is 12.5. The average molecular weight is 286 g/mol. The Morgan fingerprint density at radius 3 is 2.58 bits per heavy atom. The fourth-order valence-electron chi connectivity index (χ4n) is 1.81. The zero-order valence-corrected chi connectivity index (χ0v) is 12.4. The van der Waals surface area contributed by atoms with Crippen LogP contribution in [-0.2, 0) is 0 Å². The highest BCUT2D eigenvalue weighted by Gasteiger charge is 2.18. The van der Waals surface area contributed by atoms with E-state index in [1.54, 1.807) is 37.3 Å². The number of carbonyl (C=O) groups is 1. The minimum absolute atomic E-state index is 0.0663. The molecule has 1 aromatic carbocycles. The smallest absolute Gasteiger partial charge is 0.257 e. The van der Waals surface area contributed by atoms with Gasteiger partial charge in [-0.3, -0.25) is 4.79 Å². The van der Waals surface area contributed by atoms with Gasteiger partial charge in [-0.05, 0) is 31.5 Å². The zero-order valence-electron chi connectivity index (χ0n) is 11.6. The molecule has 0 fully saturated rings. The quantitative estimate of drug-likeness (QED) is 0.723. The molecule has 19 heavy (non-hydrogen) atoms. The van der Waals surface area contributed by atoms with Gasteiger partial charge in [0.2, 0.25) is 0 Å². The number of ether oxygens (including phenoxy) is 2. The van der Waals surface area contributed by atoms with Crippen LogP contribution in [0.2, 0.25) is 0 Å². The van der Waals surface area contributed by atoms with Gasteiger partial charge < -0.3 is 14.4 Å². The van der Waals surface area contributed by atoms with Crippen molar-refractivity contribution in [2.75, 3.05) is 33.2 Å². The third-order valence-electron chi connectivity index (χ3n) is 2.87. The summed E-state index contributed by atoms with van der Waals surface area (Å²) in [5, 5.41) is 0. The molecular weight excluding hydrogens is 266 g/mol. The van der Waals surface area contributed by atoms with Crippen molar-refractivity contribution in [2.24, 2.45) is 0 Å². The first kappa shape index (κ1) is 15.6. The zero-order chi connectivity index (χ0) is 14.3. The maximum Gasteiger partial charge on any atom is 0.257 e. The summed E-state index contributed by atoms with van der Waals surface area (Å²) in [5.41, 5.74) is 0.512. The van der Waals surface area contributed by atoms with E-state index in [4.69, 9.17) is 21.1 Å². The fraction of sp³-hybridized carbons (Fsp3) is 0.500. The van der Waals surface area contributed by atoms with Gasteiger partial charge >= 0.3 is 0 Å². The topological polar surface area (TPSA) is 38.8 Å². The van der Waals surface area contributed by atoms with E-state index in [1.807, 2.05) is 6.92 Å². The second kappa shape index (κ2) is 7.89. The van der Waals surface area contributed by atoms with Crippen LogP contribution >= 0.6 is 11.6 Å². The van der Waals surface area contributed by atoms with Gasteiger partial charge in [0.05, 0.1) is 19.8 Å². The molecule has 0 saturated heterocycles. The summed E-state index contributed by atoms with van der Waals surface area (Å²) in [6.07, 6.45) is 0.771. The number of hydrogen-bond acceptors (Lipinski definition) is 3.